The lowest BCUT2D eigenvalue weighted by Gasteiger charge is -2.19. The molecule has 0 aliphatic heterocycles. The molecule has 1 unspecified atom stereocenters. The second-order valence-electron chi connectivity index (χ2n) is 5.26. The maximum Gasteiger partial charge on any atom is 0.129 e. The molecule has 0 N–H and O–H groups in total. The van der Waals surface area contributed by atoms with Crippen molar-refractivity contribution < 1.29 is 4.39 Å². The standard InChI is InChI=1S/C17H15Br2F/c18-14-7-8-15(16(20)10-14)17(19)13-6-5-11-3-1-2-4-12(11)9-13/h5-10,17H,1-4H2. The second-order valence-corrected chi connectivity index (χ2v) is 7.09. The molecule has 2 aromatic rings. The van der Waals surface area contributed by atoms with Gasteiger partial charge in [-0.15, -0.1) is 0 Å². The van der Waals surface area contributed by atoms with E-state index in [1.54, 1.807) is 0 Å². The van der Waals surface area contributed by atoms with E-state index in [1.165, 1.54) is 36.5 Å². The van der Waals surface area contributed by atoms with Crippen LogP contribution in [0.2, 0.25) is 0 Å². The summed E-state index contributed by atoms with van der Waals surface area (Å²) in [6, 6.07) is 11.8. The van der Waals surface area contributed by atoms with Crippen LogP contribution >= 0.6 is 31.9 Å². The zero-order valence-corrected chi connectivity index (χ0v) is 14.2. The molecule has 3 heteroatoms. The van der Waals surface area contributed by atoms with E-state index in [1.807, 2.05) is 12.1 Å². The maximum absolute atomic E-state index is 14.1. The van der Waals surface area contributed by atoms with Gasteiger partial charge in [-0.1, -0.05) is 56.1 Å². The molecular weight excluding hydrogens is 383 g/mol. The fourth-order valence-corrected chi connectivity index (χ4v) is 3.79. The monoisotopic (exact) mass is 396 g/mol. The fourth-order valence-electron chi connectivity index (χ4n) is 2.80. The first-order valence-corrected chi connectivity index (χ1v) is 8.57. The van der Waals surface area contributed by atoms with Crippen LogP contribution < -0.4 is 0 Å². The van der Waals surface area contributed by atoms with Gasteiger partial charge in [-0.25, -0.2) is 4.39 Å². The first kappa shape index (κ1) is 14.3. The minimum absolute atomic E-state index is 0.0946. The zero-order valence-electron chi connectivity index (χ0n) is 11.0. The number of halogens is 3. The van der Waals surface area contributed by atoms with Crippen molar-refractivity contribution in [1.29, 1.82) is 0 Å². The van der Waals surface area contributed by atoms with Crippen molar-refractivity contribution in [2.45, 2.75) is 30.5 Å². The van der Waals surface area contributed by atoms with Gasteiger partial charge in [0.25, 0.3) is 0 Å². The normalized spacial score (nSPS) is 15.8. The Morgan fingerprint density at radius 1 is 0.950 bits per heavy atom. The van der Waals surface area contributed by atoms with E-state index in [4.69, 9.17) is 0 Å². The lowest BCUT2D eigenvalue weighted by atomic mass is 9.89. The summed E-state index contributed by atoms with van der Waals surface area (Å²) < 4.78 is 14.8. The van der Waals surface area contributed by atoms with Gasteiger partial charge in [-0.3, -0.25) is 0 Å². The Morgan fingerprint density at radius 2 is 1.70 bits per heavy atom. The van der Waals surface area contributed by atoms with E-state index in [2.05, 4.69) is 50.1 Å². The molecule has 0 fully saturated rings. The van der Waals surface area contributed by atoms with Gasteiger partial charge < -0.3 is 0 Å². The quantitative estimate of drug-likeness (QED) is 0.549. The number of aryl methyl sites for hydroxylation is 2. The molecule has 104 valence electrons. The van der Waals surface area contributed by atoms with Gasteiger partial charge >= 0.3 is 0 Å². The highest BCUT2D eigenvalue weighted by atomic mass is 79.9. The van der Waals surface area contributed by atoms with Crippen LogP contribution in [0, 0.1) is 5.82 Å². The van der Waals surface area contributed by atoms with Gasteiger partial charge in [-0.2, -0.15) is 0 Å². The molecule has 0 aromatic heterocycles. The third kappa shape index (κ3) is 2.84. The molecule has 20 heavy (non-hydrogen) atoms. The summed E-state index contributed by atoms with van der Waals surface area (Å²) in [5, 5.41) is 0. The average Bonchev–Trinajstić information content (AvgIpc) is 2.46. The lowest BCUT2D eigenvalue weighted by molar-refractivity contribution is 0.612. The number of fused-ring (bicyclic) bond motifs is 1. The lowest BCUT2D eigenvalue weighted by Crippen LogP contribution is -2.04. The van der Waals surface area contributed by atoms with E-state index in [0.717, 1.165) is 16.5 Å². The van der Waals surface area contributed by atoms with E-state index in [9.17, 15) is 4.39 Å². The van der Waals surface area contributed by atoms with Gasteiger partial charge in [0.15, 0.2) is 0 Å². The summed E-state index contributed by atoms with van der Waals surface area (Å²) >= 11 is 6.94. The summed E-state index contributed by atoms with van der Waals surface area (Å²) in [6.45, 7) is 0. The molecule has 0 nitrogen and oxygen atoms in total. The van der Waals surface area contributed by atoms with Crippen molar-refractivity contribution in [3.63, 3.8) is 0 Å². The van der Waals surface area contributed by atoms with Crippen molar-refractivity contribution in [2.24, 2.45) is 0 Å². The molecular formula is C17H15Br2F. The number of alkyl halides is 1. The predicted octanol–water partition coefficient (Wildman–Crippen LogP) is 5.95. The highest BCUT2D eigenvalue weighted by Gasteiger charge is 2.17. The van der Waals surface area contributed by atoms with Crippen molar-refractivity contribution >= 4 is 31.9 Å². The Bertz CT molecular complexity index is 637. The number of rotatable bonds is 2. The van der Waals surface area contributed by atoms with Crippen LogP contribution in [-0.4, -0.2) is 0 Å². The fraction of sp³-hybridized carbons (Fsp3) is 0.294. The van der Waals surface area contributed by atoms with Crippen LogP contribution in [-0.2, 0) is 12.8 Å². The van der Waals surface area contributed by atoms with E-state index >= 15 is 0 Å². The Hall–Kier alpha value is -0.670. The van der Waals surface area contributed by atoms with E-state index in [0.29, 0.717) is 5.56 Å². The predicted molar refractivity (Wildman–Crippen MR) is 88.0 cm³/mol. The van der Waals surface area contributed by atoms with Crippen molar-refractivity contribution in [3.05, 3.63) is 68.9 Å². The number of hydrogen-bond acceptors (Lipinski definition) is 0. The smallest absolute Gasteiger partial charge is 0.129 e. The van der Waals surface area contributed by atoms with Crippen LogP contribution in [0.25, 0.3) is 0 Å². The summed E-state index contributed by atoms with van der Waals surface area (Å²) in [5.41, 5.74) is 4.70. The molecule has 0 amide bonds. The van der Waals surface area contributed by atoms with Crippen LogP contribution in [0.1, 0.15) is 39.9 Å². The first-order chi connectivity index (χ1) is 9.65. The third-order valence-corrected chi connectivity index (χ3v) is 5.42. The van der Waals surface area contributed by atoms with Gasteiger partial charge in [0.05, 0.1) is 4.83 Å². The van der Waals surface area contributed by atoms with Crippen LogP contribution in [0.5, 0.6) is 0 Å². The highest BCUT2D eigenvalue weighted by Crippen LogP contribution is 2.35. The van der Waals surface area contributed by atoms with Crippen molar-refractivity contribution in [3.8, 4) is 0 Å². The number of hydrogen-bond donors (Lipinski definition) is 0. The molecule has 1 atom stereocenters. The van der Waals surface area contributed by atoms with Gasteiger partial charge in [0, 0.05) is 10.0 Å². The molecule has 0 bridgehead atoms. The van der Waals surface area contributed by atoms with E-state index < -0.39 is 0 Å². The molecule has 1 aliphatic carbocycles. The molecule has 0 saturated heterocycles. The average molecular weight is 398 g/mol. The number of benzene rings is 2. The molecule has 1 aliphatic rings. The Kier molecular flexibility index (Phi) is 4.27. The second kappa shape index (κ2) is 5.98. The molecule has 0 radical (unpaired) electrons. The van der Waals surface area contributed by atoms with Gasteiger partial charge in [-0.05, 0) is 54.5 Å². The zero-order chi connectivity index (χ0) is 14.1. The van der Waals surface area contributed by atoms with Crippen molar-refractivity contribution in [1.82, 2.24) is 0 Å². The summed E-state index contributed by atoms with van der Waals surface area (Å²) in [4.78, 5) is -0.0946. The summed E-state index contributed by atoms with van der Waals surface area (Å²) in [7, 11) is 0. The molecule has 0 heterocycles. The van der Waals surface area contributed by atoms with Gasteiger partial charge in [0.1, 0.15) is 5.82 Å². The largest absolute Gasteiger partial charge is 0.207 e. The maximum atomic E-state index is 14.1. The van der Waals surface area contributed by atoms with Crippen LogP contribution in [0.15, 0.2) is 40.9 Å². The molecule has 2 aromatic carbocycles. The van der Waals surface area contributed by atoms with Crippen LogP contribution in [0.3, 0.4) is 0 Å². The topological polar surface area (TPSA) is 0 Å². The Balaban J connectivity index is 1.95. The Labute approximate surface area is 135 Å². The highest BCUT2D eigenvalue weighted by molar-refractivity contribution is 9.10. The Morgan fingerprint density at radius 3 is 2.45 bits per heavy atom. The summed E-state index contributed by atoms with van der Waals surface area (Å²) in [6.07, 6.45) is 4.86. The van der Waals surface area contributed by atoms with Crippen molar-refractivity contribution in [2.75, 3.05) is 0 Å². The molecule has 0 saturated carbocycles. The SMILES string of the molecule is Fc1cc(Br)ccc1C(Br)c1ccc2c(c1)CCCC2. The molecule has 3 rings (SSSR count). The van der Waals surface area contributed by atoms with E-state index in [-0.39, 0.29) is 10.6 Å². The minimum atomic E-state index is -0.182. The molecule has 0 spiro atoms. The van der Waals surface area contributed by atoms with Crippen LogP contribution in [0.4, 0.5) is 4.39 Å². The van der Waals surface area contributed by atoms with Gasteiger partial charge in [0.2, 0.25) is 0 Å². The minimum Gasteiger partial charge on any atom is -0.207 e. The summed E-state index contributed by atoms with van der Waals surface area (Å²) in [5.74, 6) is -0.182. The first-order valence-electron chi connectivity index (χ1n) is 6.86. The third-order valence-electron chi connectivity index (χ3n) is 3.90.